The lowest BCUT2D eigenvalue weighted by Crippen LogP contribution is -2.15. The van der Waals surface area contributed by atoms with Crippen molar-refractivity contribution < 1.29 is 22.7 Å². The molecule has 0 saturated heterocycles. The van der Waals surface area contributed by atoms with Crippen molar-refractivity contribution >= 4 is 42.6 Å². The highest BCUT2D eigenvalue weighted by Crippen LogP contribution is 2.28. The second kappa shape index (κ2) is 6.61. The van der Waals surface area contributed by atoms with Crippen LogP contribution in [0.4, 0.5) is 4.39 Å². The van der Waals surface area contributed by atoms with E-state index in [4.69, 9.17) is 5.11 Å². The van der Waals surface area contributed by atoms with Gasteiger partial charge in [-0.25, -0.2) is 12.8 Å². The lowest BCUT2D eigenvalue weighted by molar-refractivity contribution is -0.134. The summed E-state index contributed by atoms with van der Waals surface area (Å²) >= 11 is 3.29. The van der Waals surface area contributed by atoms with Gasteiger partial charge in [-0.3, -0.25) is 4.79 Å². The maximum atomic E-state index is 14.0. The van der Waals surface area contributed by atoms with Crippen LogP contribution in [0.15, 0.2) is 58.0 Å². The van der Waals surface area contributed by atoms with Gasteiger partial charge in [-0.2, -0.15) is 0 Å². The van der Waals surface area contributed by atoms with Crippen LogP contribution in [-0.2, 0) is 21.2 Å². The average Bonchev–Trinajstić information content (AvgIpc) is 2.90. The molecule has 1 N–H and O–H groups in total. The van der Waals surface area contributed by atoms with Gasteiger partial charge in [0.25, 0.3) is 0 Å². The summed E-state index contributed by atoms with van der Waals surface area (Å²) in [7, 11) is -4.00. The molecule has 5 nitrogen and oxygen atoms in total. The Hall–Kier alpha value is -2.19. The molecule has 0 radical (unpaired) electrons. The van der Waals surface area contributed by atoms with E-state index < -0.39 is 27.4 Å². The molecule has 0 saturated carbocycles. The first-order valence-corrected chi connectivity index (χ1v) is 9.69. The van der Waals surface area contributed by atoms with Crippen molar-refractivity contribution in [2.45, 2.75) is 11.4 Å². The van der Waals surface area contributed by atoms with Gasteiger partial charge in [0.1, 0.15) is 5.82 Å². The number of benzene rings is 2. The van der Waals surface area contributed by atoms with Gasteiger partial charge in [-0.1, -0.05) is 34.1 Å². The SMILES string of the molecule is O=C(O)CS(=O)(=O)c1cn(Cc2cc(Br)ccc2F)c2ccccc12. The molecule has 0 fully saturated rings. The Kier molecular flexibility index (Phi) is 4.66. The number of halogens is 2. The molecule has 0 aliphatic rings. The number of carbonyl (C=O) groups is 1. The summed E-state index contributed by atoms with van der Waals surface area (Å²) in [5.41, 5.74) is 0.975. The Morgan fingerprint density at radius 3 is 2.64 bits per heavy atom. The van der Waals surface area contributed by atoms with Gasteiger partial charge in [-0.15, -0.1) is 0 Å². The fourth-order valence-electron chi connectivity index (χ4n) is 2.68. The van der Waals surface area contributed by atoms with E-state index >= 15 is 0 Å². The number of aromatic nitrogens is 1. The zero-order valence-electron chi connectivity index (χ0n) is 12.8. The number of aliphatic carboxylic acids is 1. The Bertz CT molecular complexity index is 1080. The van der Waals surface area contributed by atoms with Gasteiger partial charge in [-0.05, 0) is 24.3 Å². The summed E-state index contributed by atoms with van der Waals surface area (Å²) in [5.74, 6) is -2.82. The van der Waals surface area contributed by atoms with Crippen LogP contribution < -0.4 is 0 Å². The molecule has 1 aromatic heterocycles. The molecule has 0 amide bonds. The van der Waals surface area contributed by atoms with Crippen molar-refractivity contribution in [3.8, 4) is 0 Å². The van der Waals surface area contributed by atoms with E-state index in [9.17, 15) is 17.6 Å². The third-order valence-corrected chi connectivity index (χ3v) is 5.86. The predicted molar refractivity (Wildman–Crippen MR) is 94.8 cm³/mol. The summed E-state index contributed by atoms with van der Waals surface area (Å²) in [5, 5.41) is 9.27. The van der Waals surface area contributed by atoms with Crippen molar-refractivity contribution in [1.82, 2.24) is 4.57 Å². The van der Waals surface area contributed by atoms with Crippen LogP contribution in [0.2, 0.25) is 0 Å². The first kappa shape index (κ1) is 17.6. The average molecular weight is 426 g/mol. The second-order valence-electron chi connectivity index (χ2n) is 5.53. The van der Waals surface area contributed by atoms with Gasteiger partial charge < -0.3 is 9.67 Å². The smallest absolute Gasteiger partial charge is 0.319 e. The monoisotopic (exact) mass is 425 g/mol. The van der Waals surface area contributed by atoms with Gasteiger partial charge in [0.2, 0.25) is 0 Å². The van der Waals surface area contributed by atoms with E-state index in [2.05, 4.69) is 15.9 Å². The van der Waals surface area contributed by atoms with E-state index in [1.165, 1.54) is 12.3 Å². The molecule has 1 heterocycles. The van der Waals surface area contributed by atoms with Crippen LogP contribution in [0, 0.1) is 5.82 Å². The number of hydrogen-bond acceptors (Lipinski definition) is 3. The van der Waals surface area contributed by atoms with E-state index in [-0.39, 0.29) is 11.4 Å². The number of sulfone groups is 1. The lowest BCUT2D eigenvalue weighted by Gasteiger charge is -2.07. The van der Waals surface area contributed by atoms with Gasteiger partial charge in [0.05, 0.1) is 11.4 Å². The van der Waals surface area contributed by atoms with Gasteiger partial charge >= 0.3 is 5.97 Å². The summed E-state index contributed by atoms with van der Waals surface area (Å²) < 4.78 is 41.1. The Morgan fingerprint density at radius 2 is 1.92 bits per heavy atom. The maximum Gasteiger partial charge on any atom is 0.319 e. The van der Waals surface area contributed by atoms with E-state index in [0.29, 0.717) is 20.9 Å². The number of hydrogen-bond donors (Lipinski definition) is 1. The largest absolute Gasteiger partial charge is 0.480 e. The molecule has 25 heavy (non-hydrogen) atoms. The summed E-state index contributed by atoms with van der Waals surface area (Å²) in [6, 6.07) is 11.3. The molecule has 0 bridgehead atoms. The number of carboxylic acids is 1. The quantitative estimate of drug-likeness (QED) is 0.678. The van der Waals surface area contributed by atoms with Crippen LogP contribution in [0.5, 0.6) is 0 Å². The van der Waals surface area contributed by atoms with Crippen LogP contribution in [0.25, 0.3) is 10.9 Å². The number of fused-ring (bicyclic) bond motifs is 1. The molecule has 0 aliphatic heterocycles. The van der Waals surface area contributed by atoms with Crippen molar-refractivity contribution in [2.75, 3.05) is 5.75 Å². The number of carboxylic acid groups (broad SMARTS) is 1. The molecule has 8 heteroatoms. The minimum absolute atomic E-state index is 0.0686. The molecular weight excluding hydrogens is 413 g/mol. The van der Waals surface area contributed by atoms with Crippen LogP contribution in [0.1, 0.15) is 5.56 Å². The zero-order chi connectivity index (χ0) is 18.2. The molecule has 3 rings (SSSR count). The Morgan fingerprint density at radius 1 is 1.20 bits per heavy atom. The summed E-state index contributed by atoms with van der Waals surface area (Å²) in [6.45, 7) is 0.119. The highest BCUT2D eigenvalue weighted by Gasteiger charge is 2.24. The van der Waals surface area contributed by atoms with Crippen LogP contribution in [-0.4, -0.2) is 29.8 Å². The minimum Gasteiger partial charge on any atom is -0.480 e. The van der Waals surface area contributed by atoms with Gasteiger partial charge in [0.15, 0.2) is 15.6 Å². The highest BCUT2D eigenvalue weighted by atomic mass is 79.9. The highest BCUT2D eigenvalue weighted by molar-refractivity contribution is 9.10. The Balaban J connectivity index is 2.14. The van der Waals surface area contributed by atoms with Gasteiger partial charge in [0, 0.05) is 27.1 Å². The molecular formula is C17H13BrFNO4S. The molecule has 0 spiro atoms. The lowest BCUT2D eigenvalue weighted by atomic mass is 10.2. The minimum atomic E-state index is -4.00. The number of para-hydroxylation sites is 1. The molecule has 0 unspecified atom stereocenters. The van der Waals surface area contributed by atoms with E-state index in [1.807, 2.05) is 0 Å². The Labute approximate surface area is 151 Å². The van der Waals surface area contributed by atoms with E-state index in [1.54, 1.807) is 41.0 Å². The first-order valence-electron chi connectivity index (χ1n) is 7.24. The molecule has 2 aromatic carbocycles. The maximum absolute atomic E-state index is 14.0. The topological polar surface area (TPSA) is 76.4 Å². The molecule has 0 aliphatic carbocycles. The van der Waals surface area contributed by atoms with Crippen LogP contribution in [0.3, 0.4) is 0 Å². The van der Waals surface area contributed by atoms with Crippen molar-refractivity contribution in [2.24, 2.45) is 0 Å². The second-order valence-corrected chi connectivity index (χ2v) is 8.40. The van der Waals surface area contributed by atoms with Crippen molar-refractivity contribution in [1.29, 1.82) is 0 Å². The normalized spacial score (nSPS) is 11.8. The number of nitrogens with zero attached hydrogens (tertiary/aromatic N) is 1. The molecule has 0 atom stereocenters. The summed E-state index contributed by atoms with van der Waals surface area (Å²) in [6.07, 6.45) is 1.36. The summed E-state index contributed by atoms with van der Waals surface area (Å²) in [4.78, 5) is 10.8. The zero-order valence-corrected chi connectivity index (χ0v) is 15.2. The third kappa shape index (κ3) is 3.59. The first-order chi connectivity index (χ1) is 11.8. The molecule has 130 valence electrons. The fraction of sp³-hybridized carbons (Fsp3) is 0.118. The number of rotatable bonds is 5. The predicted octanol–water partition coefficient (Wildman–Crippen LogP) is 3.45. The van der Waals surface area contributed by atoms with Crippen molar-refractivity contribution in [3.63, 3.8) is 0 Å². The van der Waals surface area contributed by atoms with Crippen LogP contribution >= 0.6 is 15.9 Å². The third-order valence-electron chi connectivity index (χ3n) is 3.75. The standard InChI is InChI=1S/C17H13BrFNO4S/c18-12-5-6-14(19)11(7-12)8-20-9-16(25(23,24)10-17(21)22)13-3-1-2-4-15(13)20/h1-7,9H,8,10H2,(H,21,22). The molecule has 3 aromatic rings. The fourth-order valence-corrected chi connectivity index (χ4v) is 4.36. The van der Waals surface area contributed by atoms with E-state index in [0.717, 1.165) is 0 Å². The van der Waals surface area contributed by atoms with Crippen molar-refractivity contribution in [3.05, 3.63) is 64.5 Å².